The topological polar surface area (TPSA) is 46.5 Å². The second-order valence-electron chi connectivity index (χ2n) is 4.74. The summed E-state index contributed by atoms with van der Waals surface area (Å²) in [6.07, 6.45) is -3.40. The van der Waals surface area contributed by atoms with Gasteiger partial charge in [-0.05, 0) is 30.5 Å². The van der Waals surface area contributed by atoms with Crippen LogP contribution in [0.4, 0.5) is 17.6 Å². The summed E-state index contributed by atoms with van der Waals surface area (Å²) in [4.78, 5) is 11.3. The van der Waals surface area contributed by atoms with Crippen LogP contribution in [-0.2, 0) is 16.9 Å². The number of alkyl halides is 4. The van der Waals surface area contributed by atoms with E-state index in [0.29, 0.717) is 18.4 Å². The quantitative estimate of drug-likeness (QED) is 0.863. The third-order valence-corrected chi connectivity index (χ3v) is 3.60. The lowest BCUT2D eigenvalue weighted by molar-refractivity contribution is -0.275. The van der Waals surface area contributed by atoms with Crippen molar-refractivity contribution in [2.45, 2.75) is 37.7 Å². The van der Waals surface area contributed by atoms with E-state index in [2.05, 4.69) is 4.74 Å². The molecule has 0 saturated heterocycles. The van der Waals surface area contributed by atoms with Gasteiger partial charge in [-0.3, -0.25) is 4.79 Å². The Kier molecular flexibility index (Phi) is 3.62. The van der Waals surface area contributed by atoms with E-state index in [0.717, 1.165) is 18.6 Å². The minimum absolute atomic E-state index is 0.299. The van der Waals surface area contributed by atoms with Gasteiger partial charge in [0.1, 0.15) is 12.4 Å². The Balaban J connectivity index is 2.37. The Morgan fingerprint density at radius 2 is 2.00 bits per heavy atom. The van der Waals surface area contributed by atoms with Crippen LogP contribution in [-0.4, -0.2) is 17.4 Å². The molecule has 1 aliphatic rings. The van der Waals surface area contributed by atoms with Crippen molar-refractivity contribution >= 4 is 5.97 Å². The molecule has 1 aromatic rings. The summed E-state index contributed by atoms with van der Waals surface area (Å²) < 4.78 is 53.1. The Labute approximate surface area is 112 Å². The van der Waals surface area contributed by atoms with E-state index in [1.54, 1.807) is 0 Å². The van der Waals surface area contributed by atoms with Gasteiger partial charge in [0.05, 0.1) is 5.41 Å². The molecule has 0 aromatic heterocycles. The van der Waals surface area contributed by atoms with Crippen molar-refractivity contribution in [2.24, 2.45) is 0 Å². The summed E-state index contributed by atoms with van der Waals surface area (Å²) in [5, 5.41) is 9.25. The number of hydrogen-bond acceptors (Lipinski definition) is 2. The predicted molar refractivity (Wildman–Crippen MR) is 61.1 cm³/mol. The number of carbonyl (C=O) groups is 1. The lowest BCUT2D eigenvalue weighted by Gasteiger charge is -2.38. The molecule has 20 heavy (non-hydrogen) atoms. The molecule has 0 atom stereocenters. The number of rotatable bonds is 4. The van der Waals surface area contributed by atoms with Crippen LogP contribution in [0.2, 0.25) is 0 Å². The predicted octanol–water partition coefficient (Wildman–Crippen LogP) is 3.56. The first-order chi connectivity index (χ1) is 9.28. The molecule has 0 heterocycles. The van der Waals surface area contributed by atoms with Gasteiger partial charge in [0.2, 0.25) is 0 Å². The molecule has 0 spiro atoms. The maximum atomic E-state index is 12.9. The molecule has 0 amide bonds. The van der Waals surface area contributed by atoms with E-state index in [4.69, 9.17) is 0 Å². The van der Waals surface area contributed by atoms with E-state index in [1.165, 1.54) is 6.07 Å². The zero-order valence-corrected chi connectivity index (χ0v) is 10.3. The van der Waals surface area contributed by atoms with E-state index < -0.39 is 30.2 Å². The van der Waals surface area contributed by atoms with Crippen molar-refractivity contribution in [1.29, 1.82) is 0 Å². The highest BCUT2D eigenvalue weighted by Gasteiger charge is 2.46. The van der Waals surface area contributed by atoms with E-state index in [9.17, 15) is 27.5 Å². The Morgan fingerprint density at radius 1 is 1.35 bits per heavy atom. The molecule has 1 aromatic carbocycles. The summed E-state index contributed by atoms with van der Waals surface area (Å²) >= 11 is 0. The second kappa shape index (κ2) is 4.96. The average Bonchev–Trinajstić information content (AvgIpc) is 2.26. The van der Waals surface area contributed by atoms with Crippen LogP contribution >= 0.6 is 0 Å². The van der Waals surface area contributed by atoms with Gasteiger partial charge in [-0.25, -0.2) is 4.39 Å². The van der Waals surface area contributed by atoms with Gasteiger partial charge in [0.25, 0.3) is 0 Å². The minimum Gasteiger partial charge on any atom is -0.481 e. The van der Waals surface area contributed by atoms with Crippen molar-refractivity contribution < 1.29 is 32.2 Å². The second-order valence-corrected chi connectivity index (χ2v) is 4.74. The molecule has 1 saturated carbocycles. The van der Waals surface area contributed by atoms with Crippen LogP contribution in [0.3, 0.4) is 0 Å². The van der Waals surface area contributed by atoms with Gasteiger partial charge in [-0.2, -0.15) is 0 Å². The minimum atomic E-state index is -4.91. The normalized spacial score (nSPS) is 17.4. The van der Waals surface area contributed by atoms with E-state index in [-0.39, 0.29) is 5.56 Å². The van der Waals surface area contributed by atoms with E-state index >= 15 is 0 Å². The molecule has 0 aliphatic heterocycles. The number of carboxylic acids is 1. The lowest BCUT2D eigenvalue weighted by Crippen LogP contribution is -2.42. The number of ether oxygens (including phenoxy) is 1. The van der Waals surface area contributed by atoms with Gasteiger partial charge >= 0.3 is 12.3 Å². The highest BCUT2D eigenvalue weighted by atomic mass is 19.4. The first-order valence-electron chi connectivity index (χ1n) is 5.97. The monoisotopic (exact) mass is 292 g/mol. The van der Waals surface area contributed by atoms with Crippen LogP contribution in [0.25, 0.3) is 0 Å². The summed E-state index contributed by atoms with van der Waals surface area (Å²) in [5.41, 5.74) is -1.09. The summed E-state index contributed by atoms with van der Waals surface area (Å²) in [6.45, 7) is -1.16. The third kappa shape index (κ3) is 2.57. The van der Waals surface area contributed by atoms with E-state index in [1.807, 2.05) is 0 Å². The molecule has 2 rings (SSSR count). The lowest BCUT2D eigenvalue weighted by atomic mass is 9.64. The molecule has 110 valence electrons. The third-order valence-electron chi connectivity index (χ3n) is 3.60. The van der Waals surface area contributed by atoms with Gasteiger partial charge in [-0.15, -0.1) is 13.2 Å². The summed E-state index contributed by atoms with van der Waals surface area (Å²) in [7, 11) is 0. The molecule has 7 heteroatoms. The fraction of sp³-hybridized carbons (Fsp3) is 0.462. The van der Waals surface area contributed by atoms with Crippen molar-refractivity contribution in [3.05, 3.63) is 29.3 Å². The molecule has 0 bridgehead atoms. The van der Waals surface area contributed by atoms with Crippen LogP contribution in [0, 0.1) is 0 Å². The fourth-order valence-corrected chi connectivity index (χ4v) is 2.36. The summed E-state index contributed by atoms with van der Waals surface area (Å²) in [6, 6.07) is 3.38. The Hall–Kier alpha value is -1.79. The van der Waals surface area contributed by atoms with Gasteiger partial charge in [0.15, 0.2) is 0 Å². The zero-order chi connectivity index (χ0) is 15.0. The SMILES string of the molecule is O=C(O)C1(c2ccc(OC(F)(F)F)c(CF)c2)CCC1. The molecule has 3 nitrogen and oxygen atoms in total. The number of halogens is 4. The molecular weight excluding hydrogens is 280 g/mol. The molecule has 1 fully saturated rings. The summed E-state index contributed by atoms with van der Waals surface area (Å²) in [5.74, 6) is -1.68. The standard InChI is InChI=1S/C13H12F4O3/c14-7-8-6-9(12(11(18)19)4-1-5-12)2-3-10(8)20-13(15,16)17/h2-3,6H,1,4-5,7H2,(H,18,19). The van der Waals surface area contributed by atoms with Crippen LogP contribution in [0.15, 0.2) is 18.2 Å². The zero-order valence-electron chi connectivity index (χ0n) is 10.3. The first-order valence-corrected chi connectivity index (χ1v) is 5.97. The van der Waals surface area contributed by atoms with Crippen molar-refractivity contribution in [2.75, 3.05) is 0 Å². The smallest absolute Gasteiger partial charge is 0.481 e. The molecule has 0 radical (unpaired) electrons. The Bertz CT molecular complexity index is 521. The highest BCUT2D eigenvalue weighted by Crippen LogP contribution is 2.45. The van der Waals surface area contributed by atoms with Crippen LogP contribution in [0.5, 0.6) is 5.75 Å². The van der Waals surface area contributed by atoms with Gasteiger partial charge in [-0.1, -0.05) is 12.5 Å². The maximum absolute atomic E-state index is 12.9. The largest absolute Gasteiger partial charge is 0.573 e. The van der Waals surface area contributed by atoms with Crippen molar-refractivity contribution in [3.63, 3.8) is 0 Å². The maximum Gasteiger partial charge on any atom is 0.573 e. The van der Waals surface area contributed by atoms with Crippen LogP contribution < -0.4 is 4.74 Å². The van der Waals surface area contributed by atoms with Crippen molar-refractivity contribution in [3.8, 4) is 5.75 Å². The number of hydrogen-bond donors (Lipinski definition) is 1. The number of carboxylic acid groups (broad SMARTS) is 1. The molecule has 0 unspecified atom stereocenters. The molecular formula is C13H12F4O3. The Morgan fingerprint density at radius 3 is 2.40 bits per heavy atom. The van der Waals surface area contributed by atoms with Gasteiger partial charge < -0.3 is 9.84 Å². The fourth-order valence-electron chi connectivity index (χ4n) is 2.36. The first kappa shape index (κ1) is 14.6. The number of aliphatic carboxylic acids is 1. The molecule has 1 aliphatic carbocycles. The molecule has 1 N–H and O–H groups in total. The highest BCUT2D eigenvalue weighted by molar-refractivity contribution is 5.82. The van der Waals surface area contributed by atoms with Gasteiger partial charge in [0, 0.05) is 5.56 Å². The van der Waals surface area contributed by atoms with Crippen molar-refractivity contribution in [1.82, 2.24) is 0 Å². The van der Waals surface area contributed by atoms with Crippen LogP contribution in [0.1, 0.15) is 30.4 Å². The average molecular weight is 292 g/mol. The number of benzene rings is 1.